The van der Waals surface area contributed by atoms with Crippen LogP contribution in [0.4, 0.5) is 23.2 Å². The minimum absolute atomic E-state index is 0.00495. The first kappa shape index (κ1) is 18.7. The molecule has 0 spiro atoms. The summed E-state index contributed by atoms with van der Waals surface area (Å²) < 4.78 is 73.9. The van der Waals surface area contributed by atoms with Gasteiger partial charge < -0.3 is 10.6 Å². The van der Waals surface area contributed by atoms with Crippen LogP contribution in [0.25, 0.3) is 0 Å². The van der Waals surface area contributed by atoms with Crippen LogP contribution in [0.1, 0.15) is 18.4 Å². The van der Waals surface area contributed by atoms with Crippen molar-refractivity contribution in [3.05, 3.63) is 29.6 Å². The molecule has 0 bridgehead atoms. The number of carbonyl (C=O) groups excluding carboxylic acids is 1. The number of hydrogen-bond acceptors (Lipinski definition) is 4. The van der Waals surface area contributed by atoms with Crippen molar-refractivity contribution >= 4 is 21.4 Å². The number of carbonyl (C=O) groups is 1. The van der Waals surface area contributed by atoms with Crippen molar-refractivity contribution in [3.8, 4) is 0 Å². The molecule has 1 aromatic rings. The first-order chi connectivity index (χ1) is 11.0. The van der Waals surface area contributed by atoms with Crippen LogP contribution < -0.4 is 10.6 Å². The molecule has 0 aliphatic carbocycles. The Morgan fingerprint density at radius 3 is 2.33 bits per heavy atom. The topological polar surface area (TPSA) is 75.3 Å². The van der Waals surface area contributed by atoms with Gasteiger partial charge in [-0.25, -0.2) is 12.8 Å². The third kappa shape index (κ3) is 3.54. The number of amides is 1. The first-order valence-corrected chi connectivity index (χ1v) is 8.95. The number of alkyl halides is 3. The van der Waals surface area contributed by atoms with Crippen molar-refractivity contribution in [2.45, 2.75) is 23.8 Å². The zero-order valence-electron chi connectivity index (χ0n) is 12.7. The van der Waals surface area contributed by atoms with Gasteiger partial charge in [0.05, 0.1) is 5.56 Å². The molecule has 134 valence electrons. The molecule has 2 N–H and O–H groups in total. The molecule has 1 heterocycles. The lowest BCUT2D eigenvalue weighted by Gasteiger charge is -2.34. The van der Waals surface area contributed by atoms with E-state index in [2.05, 4.69) is 10.6 Å². The van der Waals surface area contributed by atoms with Crippen LogP contribution in [-0.2, 0) is 20.8 Å². The Hall–Kier alpha value is -1.68. The zero-order chi connectivity index (χ0) is 18.2. The summed E-state index contributed by atoms with van der Waals surface area (Å²) in [6.45, 7) is 0.579. The third-order valence-electron chi connectivity index (χ3n) is 4.06. The lowest BCUT2D eigenvalue weighted by molar-refractivity contribution is -0.140. The van der Waals surface area contributed by atoms with Crippen molar-refractivity contribution in [1.29, 1.82) is 0 Å². The molecule has 1 saturated heterocycles. The summed E-state index contributed by atoms with van der Waals surface area (Å²) in [6.07, 6.45) is -3.99. The largest absolute Gasteiger partial charge is 0.419 e. The van der Waals surface area contributed by atoms with E-state index < -0.39 is 38.0 Å². The summed E-state index contributed by atoms with van der Waals surface area (Å²) in [6, 6.07) is 1.98. The second kappa shape index (κ2) is 6.32. The number of piperidine rings is 1. The number of anilines is 1. The molecule has 24 heavy (non-hydrogen) atoms. The van der Waals surface area contributed by atoms with Gasteiger partial charge in [-0.2, -0.15) is 13.2 Å². The number of rotatable bonds is 3. The number of hydrogen-bond donors (Lipinski definition) is 2. The molecular formula is C14H16F4N2O3S. The van der Waals surface area contributed by atoms with Crippen LogP contribution >= 0.6 is 0 Å². The molecule has 1 aliphatic heterocycles. The highest BCUT2D eigenvalue weighted by molar-refractivity contribution is 7.92. The minimum atomic E-state index is -4.92. The number of nitrogens with one attached hydrogen (secondary N) is 2. The Balaban J connectivity index is 2.35. The van der Waals surface area contributed by atoms with Gasteiger partial charge in [0.2, 0.25) is 5.91 Å². The van der Waals surface area contributed by atoms with E-state index in [0.29, 0.717) is 12.1 Å². The number of halogens is 4. The predicted molar refractivity (Wildman–Crippen MR) is 79.7 cm³/mol. The molecule has 1 aromatic carbocycles. The van der Waals surface area contributed by atoms with Crippen LogP contribution in [0.5, 0.6) is 0 Å². The first-order valence-electron chi connectivity index (χ1n) is 7.06. The maximum atomic E-state index is 13.3. The van der Waals surface area contributed by atoms with Gasteiger partial charge >= 0.3 is 6.18 Å². The van der Waals surface area contributed by atoms with Crippen LogP contribution in [0, 0.1) is 5.82 Å². The molecule has 10 heteroatoms. The number of benzene rings is 1. The fourth-order valence-electron chi connectivity index (χ4n) is 2.66. The fraction of sp³-hybridized carbons (Fsp3) is 0.500. The van der Waals surface area contributed by atoms with E-state index in [9.17, 15) is 30.8 Å². The average Bonchev–Trinajstić information content (AvgIpc) is 2.47. The molecule has 1 aliphatic rings. The van der Waals surface area contributed by atoms with Crippen LogP contribution in [-0.4, -0.2) is 38.4 Å². The van der Waals surface area contributed by atoms with Gasteiger partial charge in [-0.3, -0.25) is 4.79 Å². The van der Waals surface area contributed by atoms with Gasteiger partial charge in [-0.05, 0) is 44.1 Å². The van der Waals surface area contributed by atoms with Gasteiger partial charge in [0.15, 0.2) is 14.6 Å². The van der Waals surface area contributed by atoms with Gasteiger partial charge in [0.1, 0.15) is 5.82 Å². The molecule has 0 saturated carbocycles. The summed E-state index contributed by atoms with van der Waals surface area (Å²) in [7, 11) is -3.80. The second-order valence-electron chi connectivity index (χ2n) is 5.66. The van der Waals surface area contributed by atoms with Crippen molar-refractivity contribution < 1.29 is 30.8 Å². The van der Waals surface area contributed by atoms with E-state index in [-0.39, 0.29) is 31.6 Å². The molecule has 0 atom stereocenters. The highest BCUT2D eigenvalue weighted by Crippen LogP contribution is 2.34. The predicted octanol–water partition coefficient (Wildman–Crippen LogP) is 1.95. The van der Waals surface area contributed by atoms with E-state index >= 15 is 0 Å². The lowest BCUT2D eigenvalue weighted by atomic mass is 9.95. The van der Waals surface area contributed by atoms with Crippen LogP contribution in [0.2, 0.25) is 0 Å². The van der Waals surface area contributed by atoms with Gasteiger partial charge in [0, 0.05) is 11.9 Å². The summed E-state index contributed by atoms with van der Waals surface area (Å²) in [5, 5.41) is 5.11. The highest BCUT2D eigenvalue weighted by atomic mass is 32.2. The van der Waals surface area contributed by atoms with E-state index in [0.717, 1.165) is 12.3 Å². The Bertz CT molecular complexity index is 741. The molecule has 2 rings (SSSR count). The third-order valence-corrected chi connectivity index (χ3v) is 6.08. The maximum Gasteiger partial charge on any atom is 0.419 e. The summed E-state index contributed by atoms with van der Waals surface area (Å²) in [4.78, 5) is 12.5. The molecule has 0 radical (unpaired) electrons. The molecule has 5 nitrogen and oxygen atoms in total. The van der Waals surface area contributed by atoms with Crippen molar-refractivity contribution in [2.24, 2.45) is 0 Å². The number of sulfone groups is 1. The molecule has 1 fully saturated rings. The normalized spacial score (nSPS) is 18.2. The Kier molecular flexibility index (Phi) is 4.91. The summed E-state index contributed by atoms with van der Waals surface area (Å²) in [5.74, 6) is -2.38. The monoisotopic (exact) mass is 368 g/mol. The van der Waals surface area contributed by atoms with Gasteiger partial charge in [0.25, 0.3) is 0 Å². The Morgan fingerprint density at radius 2 is 1.83 bits per heavy atom. The molecule has 0 aromatic heterocycles. The standard InChI is InChI=1S/C14H16F4N2O3S/c1-24(22,23)13(4-6-19-7-5-13)12(21)20-9-2-3-11(15)10(8-9)14(16,17)18/h2-3,8,19H,4-7H2,1H3,(H,20,21). The lowest BCUT2D eigenvalue weighted by Crippen LogP contribution is -2.55. The second-order valence-corrected chi connectivity index (χ2v) is 7.99. The molecule has 1 amide bonds. The smallest absolute Gasteiger partial charge is 0.325 e. The van der Waals surface area contributed by atoms with Crippen LogP contribution in [0.3, 0.4) is 0 Å². The summed E-state index contributed by atoms with van der Waals surface area (Å²) >= 11 is 0. The van der Waals surface area contributed by atoms with Gasteiger partial charge in [-0.1, -0.05) is 0 Å². The quantitative estimate of drug-likeness (QED) is 0.800. The van der Waals surface area contributed by atoms with E-state index in [1.54, 1.807) is 0 Å². The Labute approximate surface area is 136 Å². The van der Waals surface area contributed by atoms with Crippen molar-refractivity contribution in [1.82, 2.24) is 5.32 Å². The van der Waals surface area contributed by atoms with Crippen molar-refractivity contribution in [2.75, 3.05) is 24.7 Å². The maximum absolute atomic E-state index is 13.3. The summed E-state index contributed by atoms with van der Waals surface area (Å²) in [5.41, 5.74) is -1.84. The molecular weight excluding hydrogens is 352 g/mol. The van der Waals surface area contributed by atoms with E-state index in [1.807, 2.05) is 0 Å². The van der Waals surface area contributed by atoms with E-state index in [1.165, 1.54) is 0 Å². The van der Waals surface area contributed by atoms with E-state index in [4.69, 9.17) is 0 Å². The van der Waals surface area contributed by atoms with Crippen LogP contribution in [0.15, 0.2) is 18.2 Å². The Morgan fingerprint density at radius 1 is 1.25 bits per heavy atom. The zero-order valence-corrected chi connectivity index (χ0v) is 13.5. The van der Waals surface area contributed by atoms with Gasteiger partial charge in [-0.15, -0.1) is 0 Å². The average molecular weight is 368 g/mol. The highest BCUT2D eigenvalue weighted by Gasteiger charge is 2.48. The molecule has 0 unspecified atom stereocenters. The van der Waals surface area contributed by atoms with Crippen molar-refractivity contribution in [3.63, 3.8) is 0 Å². The SMILES string of the molecule is CS(=O)(=O)C1(C(=O)Nc2ccc(F)c(C(F)(F)F)c2)CCNCC1. The fourth-order valence-corrected chi connectivity index (χ4v) is 4.00. The minimum Gasteiger partial charge on any atom is -0.325 e.